The van der Waals surface area contributed by atoms with Crippen molar-refractivity contribution < 1.29 is 29.2 Å². The summed E-state index contributed by atoms with van der Waals surface area (Å²) in [6.07, 6.45) is -6.50. The van der Waals surface area contributed by atoms with Crippen molar-refractivity contribution in [3.63, 3.8) is 0 Å². The van der Waals surface area contributed by atoms with Crippen LogP contribution in [0.15, 0.2) is 15.7 Å². The predicted octanol–water partition coefficient (Wildman–Crippen LogP) is -1.71. The van der Waals surface area contributed by atoms with Gasteiger partial charge in [0.15, 0.2) is 24.6 Å². The maximum atomic E-state index is 12.2. The molecule has 10 nitrogen and oxygen atoms in total. The minimum atomic E-state index is -1.67. The molecule has 0 aromatic carbocycles. The number of aromatic amines is 1. The highest BCUT2D eigenvalue weighted by molar-refractivity contribution is 5.09. The van der Waals surface area contributed by atoms with Gasteiger partial charge < -0.3 is 29.2 Å². The molecule has 3 aliphatic heterocycles. The number of H-pyrrole nitrogens is 1. The second-order valence-corrected chi connectivity index (χ2v) is 6.17. The van der Waals surface area contributed by atoms with E-state index in [-0.39, 0.29) is 5.69 Å². The van der Waals surface area contributed by atoms with Crippen molar-refractivity contribution in [1.82, 2.24) is 9.55 Å². The van der Waals surface area contributed by atoms with E-state index in [2.05, 4.69) is 4.98 Å². The Morgan fingerprint density at radius 2 is 1.83 bits per heavy atom. The van der Waals surface area contributed by atoms with Gasteiger partial charge in [0.2, 0.25) is 0 Å². The lowest BCUT2D eigenvalue weighted by molar-refractivity contribution is -0.288. The van der Waals surface area contributed by atoms with Crippen LogP contribution < -0.4 is 11.2 Å². The van der Waals surface area contributed by atoms with Crippen molar-refractivity contribution in [2.24, 2.45) is 0 Å². The minimum absolute atomic E-state index is 0.129. The average Bonchev–Trinajstić information content (AvgIpc) is 2.90. The first-order chi connectivity index (χ1) is 10.8. The largest absolute Gasteiger partial charge is 0.366 e. The molecule has 4 rings (SSSR count). The molecule has 2 bridgehead atoms. The number of hydrogen-bond acceptors (Lipinski definition) is 8. The third-order valence-electron chi connectivity index (χ3n) is 4.13. The van der Waals surface area contributed by atoms with E-state index in [1.807, 2.05) is 0 Å². The van der Waals surface area contributed by atoms with E-state index in [0.29, 0.717) is 0 Å². The van der Waals surface area contributed by atoms with Gasteiger partial charge in [-0.2, -0.15) is 0 Å². The van der Waals surface area contributed by atoms with Gasteiger partial charge in [-0.3, -0.25) is 14.3 Å². The van der Waals surface area contributed by atoms with Crippen LogP contribution in [0.2, 0.25) is 0 Å². The molecule has 126 valence electrons. The number of aliphatic hydroxyl groups excluding tert-OH is 2. The maximum Gasteiger partial charge on any atom is 0.330 e. The van der Waals surface area contributed by atoms with Crippen molar-refractivity contribution in [2.75, 3.05) is 0 Å². The Morgan fingerprint density at radius 3 is 2.57 bits per heavy atom. The first-order valence-corrected chi connectivity index (χ1v) is 7.15. The smallest absolute Gasteiger partial charge is 0.330 e. The molecule has 0 spiro atoms. The van der Waals surface area contributed by atoms with Crippen molar-refractivity contribution in [2.45, 2.75) is 56.8 Å². The first-order valence-electron chi connectivity index (χ1n) is 7.15. The molecular weight excluding hydrogens is 312 g/mol. The van der Waals surface area contributed by atoms with Crippen molar-refractivity contribution in [3.8, 4) is 0 Å². The second kappa shape index (κ2) is 4.72. The van der Waals surface area contributed by atoms with Crippen LogP contribution in [0.5, 0.6) is 0 Å². The fraction of sp³-hybridized carbons (Fsp3) is 0.692. The SMILES string of the molecule is CC1(C)O[C@@H]2[C@H](O1)[C@@H]1O[C@H]2n2c(cc(=O)[nH]c2=O)C(O)OC1O. The average molecular weight is 328 g/mol. The monoisotopic (exact) mass is 328 g/mol. The molecule has 10 heteroatoms. The van der Waals surface area contributed by atoms with E-state index >= 15 is 0 Å². The Morgan fingerprint density at radius 1 is 1.13 bits per heavy atom. The molecule has 0 radical (unpaired) electrons. The number of fused-ring (bicyclic) bond motifs is 7. The third kappa shape index (κ3) is 2.18. The van der Waals surface area contributed by atoms with Gasteiger partial charge in [-0.15, -0.1) is 0 Å². The van der Waals surface area contributed by atoms with Crippen LogP contribution in [0.1, 0.15) is 32.1 Å². The molecule has 2 fully saturated rings. The van der Waals surface area contributed by atoms with Crippen LogP contribution in [-0.4, -0.2) is 50.2 Å². The Kier molecular flexibility index (Phi) is 3.08. The van der Waals surface area contributed by atoms with Gasteiger partial charge >= 0.3 is 5.69 Å². The Labute approximate surface area is 129 Å². The summed E-state index contributed by atoms with van der Waals surface area (Å²) in [7, 11) is 0. The van der Waals surface area contributed by atoms with E-state index in [1.165, 1.54) is 0 Å². The van der Waals surface area contributed by atoms with E-state index < -0.39 is 54.2 Å². The van der Waals surface area contributed by atoms with Crippen LogP contribution in [0, 0.1) is 0 Å². The van der Waals surface area contributed by atoms with Crippen LogP contribution in [0.4, 0.5) is 0 Å². The zero-order valence-electron chi connectivity index (χ0n) is 12.3. The van der Waals surface area contributed by atoms with Crippen LogP contribution in [0.3, 0.4) is 0 Å². The van der Waals surface area contributed by atoms with E-state index in [1.54, 1.807) is 13.8 Å². The van der Waals surface area contributed by atoms with Crippen molar-refractivity contribution in [1.29, 1.82) is 0 Å². The predicted molar refractivity (Wildman–Crippen MR) is 71.1 cm³/mol. The highest BCUT2D eigenvalue weighted by Gasteiger charge is 2.59. The van der Waals surface area contributed by atoms with Crippen molar-refractivity contribution >= 4 is 0 Å². The zero-order valence-corrected chi connectivity index (χ0v) is 12.3. The number of nitrogens with zero attached hydrogens (tertiary/aromatic N) is 1. The summed E-state index contributed by atoms with van der Waals surface area (Å²) in [6, 6.07) is 1.01. The number of ether oxygens (including phenoxy) is 4. The molecule has 3 aliphatic rings. The summed E-state index contributed by atoms with van der Waals surface area (Å²) in [4.78, 5) is 25.9. The molecule has 4 heterocycles. The summed E-state index contributed by atoms with van der Waals surface area (Å²) in [5.41, 5.74) is -1.60. The van der Waals surface area contributed by atoms with Crippen LogP contribution in [-0.2, 0) is 18.9 Å². The van der Waals surface area contributed by atoms with Gasteiger partial charge in [-0.05, 0) is 13.8 Å². The van der Waals surface area contributed by atoms with Gasteiger partial charge in [-0.25, -0.2) is 4.79 Å². The second-order valence-electron chi connectivity index (χ2n) is 6.17. The van der Waals surface area contributed by atoms with E-state index in [0.717, 1.165) is 10.6 Å². The topological polar surface area (TPSA) is 132 Å². The first kappa shape index (κ1) is 15.0. The lowest BCUT2D eigenvalue weighted by Gasteiger charge is -2.31. The van der Waals surface area contributed by atoms with Gasteiger partial charge in [-0.1, -0.05) is 0 Å². The third-order valence-corrected chi connectivity index (χ3v) is 4.13. The molecule has 0 saturated carbocycles. The quantitative estimate of drug-likeness (QED) is 0.513. The molecule has 3 N–H and O–H groups in total. The van der Waals surface area contributed by atoms with Crippen molar-refractivity contribution in [3.05, 3.63) is 32.6 Å². The lowest BCUT2D eigenvalue weighted by atomic mass is 10.1. The Bertz CT molecular complexity index is 755. The highest BCUT2D eigenvalue weighted by atomic mass is 16.8. The van der Waals surface area contributed by atoms with Gasteiger partial charge in [0, 0.05) is 6.07 Å². The van der Waals surface area contributed by atoms with Crippen LogP contribution >= 0.6 is 0 Å². The van der Waals surface area contributed by atoms with Gasteiger partial charge in [0.1, 0.15) is 18.3 Å². The van der Waals surface area contributed by atoms with E-state index in [4.69, 9.17) is 18.9 Å². The normalized spacial score (nSPS) is 41.0. The molecule has 0 aliphatic carbocycles. The fourth-order valence-corrected chi connectivity index (χ4v) is 3.30. The Balaban J connectivity index is 1.90. The van der Waals surface area contributed by atoms with Gasteiger partial charge in [0.05, 0.1) is 5.69 Å². The summed E-state index contributed by atoms with van der Waals surface area (Å²) < 4.78 is 23.3. The molecule has 6 atom stereocenters. The van der Waals surface area contributed by atoms with Gasteiger partial charge in [0.25, 0.3) is 5.56 Å². The minimum Gasteiger partial charge on any atom is -0.366 e. The zero-order chi connectivity index (χ0) is 16.5. The van der Waals surface area contributed by atoms with E-state index in [9.17, 15) is 19.8 Å². The summed E-state index contributed by atoms with van der Waals surface area (Å²) in [5.74, 6) is -0.931. The molecular formula is C13H16N2O8. The number of rotatable bonds is 0. The summed E-state index contributed by atoms with van der Waals surface area (Å²) >= 11 is 0. The number of aliphatic hydroxyl groups is 2. The molecule has 1 aromatic heterocycles. The van der Waals surface area contributed by atoms with Crippen LogP contribution in [0.25, 0.3) is 0 Å². The number of aromatic nitrogens is 2. The standard InChI is InChI=1S/C13H16N2O8/c1-13(2)22-6-7(23-13)9-15-4(3-5(16)14-12(15)19)10(17)21-11(18)8(6)20-9/h3,6-11,17-18H,1-2H3,(H,14,16,19)/t6-,7+,8-,9+,10?,11?/m0/s1. The summed E-state index contributed by atoms with van der Waals surface area (Å²) in [6.45, 7) is 3.40. The molecule has 2 unspecified atom stereocenters. The molecule has 0 amide bonds. The molecule has 23 heavy (non-hydrogen) atoms. The Hall–Kier alpha value is -1.56. The fourth-order valence-electron chi connectivity index (χ4n) is 3.30. The maximum absolute atomic E-state index is 12.2. The number of nitrogens with one attached hydrogen (secondary N) is 1. The molecule has 1 aromatic rings. The summed E-state index contributed by atoms with van der Waals surface area (Å²) in [5, 5.41) is 20.2. The molecule has 2 saturated heterocycles. The highest BCUT2D eigenvalue weighted by Crippen LogP contribution is 2.45. The lowest BCUT2D eigenvalue weighted by Crippen LogP contribution is -2.43. The number of hydrogen-bond donors (Lipinski definition) is 3.